The Kier molecular flexibility index (Phi) is 4.72. The Morgan fingerprint density at radius 1 is 0.862 bits per heavy atom. The Bertz CT molecular complexity index is 1120. The maximum absolute atomic E-state index is 13.0. The molecule has 1 N–H and O–H groups in total. The van der Waals surface area contributed by atoms with Crippen LogP contribution >= 0.6 is 0 Å². The fraction of sp³-hybridized carbons (Fsp3) is 0.125. The molecule has 5 nitrogen and oxygen atoms in total. The van der Waals surface area contributed by atoms with Gasteiger partial charge in [-0.25, -0.2) is 4.90 Å². The SMILES string of the molecule is Cc1ccccc1N1C(=O)c2ccc(C(=O)N[C@H](C)c3ccccc3)cc2C1=O. The van der Waals surface area contributed by atoms with Gasteiger partial charge < -0.3 is 5.32 Å². The molecular formula is C24H20N2O3. The molecule has 0 bridgehead atoms. The second-order valence-electron chi connectivity index (χ2n) is 7.10. The lowest BCUT2D eigenvalue weighted by atomic mass is 10.0. The van der Waals surface area contributed by atoms with Crippen molar-refractivity contribution in [2.45, 2.75) is 19.9 Å². The summed E-state index contributed by atoms with van der Waals surface area (Å²) >= 11 is 0. The van der Waals surface area contributed by atoms with Crippen molar-refractivity contribution in [1.29, 1.82) is 0 Å². The van der Waals surface area contributed by atoms with Crippen LogP contribution in [0.4, 0.5) is 5.69 Å². The van der Waals surface area contributed by atoms with E-state index >= 15 is 0 Å². The Balaban J connectivity index is 1.61. The van der Waals surface area contributed by atoms with E-state index in [0.717, 1.165) is 11.1 Å². The van der Waals surface area contributed by atoms with Gasteiger partial charge in [-0.05, 0) is 49.2 Å². The lowest BCUT2D eigenvalue weighted by Gasteiger charge is -2.16. The molecule has 1 aliphatic heterocycles. The largest absolute Gasteiger partial charge is 0.346 e. The predicted molar refractivity (Wildman–Crippen MR) is 111 cm³/mol. The quantitative estimate of drug-likeness (QED) is 0.683. The van der Waals surface area contributed by atoms with Crippen molar-refractivity contribution < 1.29 is 14.4 Å². The number of benzene rings is 3. The number of aryl methyl sites for hydroxylation is 1. The monoisotopic (exact) mass is 384 g/mol. The Morgan fingerprint density at radius 2 is 1.52 bits per heavy atom. The van der Waals surface area contributed by atoms with Gasteiger partial charge in [0, 0.05) is 5.56 Å². The molecule has 0 unspecified atom stereocenters. The minimum absolute atomic E-state index is 0.183. The van der Waals surface area contributed by atoms with Crippen LogP contribution in [0.15, 0.2) is 72.8 Å². The van der Waals surface area contributed by atoms with Crippen LogP contribution in [0, 0.1) is 6.92 Å². The number of nitrogens with one attached hydrogen (secondary N) is 1. The zero-order chi connectivity index (χ0) is 20.5. The summed E-state index contributed by atoms with van der Waals surface area (Å²) < 4.78 is 0. The smallest absolute Gasteiger partial charge is 0.266 e. The first kappa shape index (κ1) is 18.6. The van der Waals surface area contributed by atoms with Gasteiger partial charge in [-0.1, -0.05) is 48.5 Å². The average Bonchev–Trinajstić information content (AvgIpc) is 2.99. The first-order valence-corrected chi connectivity index (χ1v) is 9.41. The zero-order valence-electron chi connectivity index (χ0n) is 16.2. The van der Waals surface area contributed by atoms with Gasteiger partial charge in [0.2, 0.25) is 0 Å². The molecule has 0 aromatic heterocycles. The highest BCUT2D eigenvalue weighted by Gasteiger charge is 2.37. The van der Waals surface area contributed by atoms with Crippen LogP contribution in [0.3, 0.4) is 0 Å². The number of carbonyl (C=O) groups is 3. The topological polar surface area (TPSA) is 66.5 Å². The molecule has 0 radical (unpaired) electrons. The Morgan fingerprint density at radius 3 is 2.24 bits per heavy atom. The summed E-state index contributed by atoms with van der Waals surface area (Å²) in [4.78, 5) is 39.6. The van der Waals surface area contributed by atoms with E-state index < -0.39 is 5.91 Å². The summed E-state index contributed by atoms with van der Waals surface area (Å²) in [6.45, 7) is 3.75. The summed E-state index contributed by atoms with van der Waals surface area (Å²) in [6, 6.07) is 21.3. The maximum atomic E-state index is 13.0. The van der Waals surface area contributed by atoms with Crippen molar-refractivity contribution in [3.05, 3.63) is 101 Å². The van der Waals surface area contributed by atoms with Crippen LogP contribution in [0.1, 0.15) is 55.2 Å². The minimum atomic E-state index is -0.412. The lowest BCUT2D eigenvalue weighted by Crippen LogP contribution is -2.30. The molecule has 0 saturated carbocycles. The van der Waals surface area contributed by atoms with Crippen molar-refractivity contribution in [1.82, 2.24) is 5.32 Å². The highest BCUT2D eigenvalue weighted by molar-refractivity contribution is 6.35. The Hall–Kier alpha value is -3.73. The third-order valence-corrected chi connectivity index (χ3v) is 5.15. The molecule has 3 aromatic carbocycles. The molecule has 1 heterocycles. The van der Waals surface area contributed by atoms with Gasteiger partial charge in [0.25, 0.3) is 17.7 Å². The number of carbonyl (C=O) groups excluding carboxylic acids is 3. The summed E-state index contributed by atoms with van der Waals surface area (Å²) in [5.41, 5.74) is 3.28. The van der Waals surface area contributed by atoms with Gasteiger partial charge in [0.15, 0.2) is 0 Å². The summed E-state index contributed by atoms with van der Waals surface area (Å²) in [6.07, 6.45) is 0. The minimum Gasteiger partial charge on any atom is -0.346 e. The van der Waals surface area contributed by atoms with Gasteiger partial charge in [0.05, 0.1) is 22.9 Å². The Labute approximate surface area is 169 Å². The average molecular weight is 384 g/mol. The van der Waals surface area contributed by atoms with Gasteiger partial charge in [-0.15, -0.1) is 0 Å². The van der Waals surface area contributed by atoms with Crippen LogP contribution in [0.2, 0.25) is 0 Å². The fourth-order valence-corrected chi connectivity index (χ4v) is 3.52. The van der Waals surface area contributed by atoms with Crippen LogP contribution in [0.25, 0.3) is 0 Å². The number of anilines is 1. The van der Waals surface area contributed by atoms with Crippen molar-refractivity contribution in [3.63, 3.8) is 0 Å². The normalized spacial score (nSPS) is 13.9. The number of rotatable bonds is 4. The highest BCUT2D eigenvalue weighted by atomic mass is 16.2. The molecule has 0 spiro atoms. The number of hydrogen-bond acceptors (Lipinski definition) is 3. The lowest BCUT2D eigenvalue weighted by molar-refractivity contribution is 0.0921. The van der Waals surface area contributed by atoms with Gasteiger partial charge >= 0.3 is 0 Å². The van der Waals surface area contributed by atoms with Gasteiger partial charge in [0.1, 0.15) is 0 Å². The summed E-state index contributed by atoms with van der Waals surface area (Å²) in [7, 11) is 0. The van der Waals surface area contributed by atoms with E-state index in [0.29, 0.717) is 16.8 Å². The maximum Gasteiger partial charge on any atom is 0.266 e. The van der Waals surface area contributed by atoms with Crippen LogP contribution < -0.4 is 10.2 Å². The first-order chi connectivity index (χ1) is 14.0. The summed E-state index contributed by atoms with van der Waals surface area (Å²) in [5, 5.41) is 2.93. The second kappa shape index (κ2) is 7.36. The van der Waals surface area contributed by atoms with E-state index in [2.05, 4.69) is 5.32 Å². The molecule has 29 heavy (non-hydrogen) atoms. The number of imide groups is 1. The van der Waals surface area contributed by atoms with Crippen molar-refractivity contribution in [3.8, 4) is 0 Å². The molecule has 4 rings (SSSR count). The van der Waals surface area contributed by atoms with E-state index in [-0.39, 0.29) is 23.4 Å². The van der Waals surface area contributed by atoms with Crippen molar-refractivity contribution in [2.75, 3.05) is 4.90 Å². The number of hydrogen-bond donors (Lipinski definition) is 1. The third-order valence-electron chi connectivity index (χ3n) is 5.15. The van der Waals surface area contributed by atoms with Crippen molar-refractivity contribution in [2.24, 2.45) is 0 Å². The molecule has 0 aliphatic carbocycles. The van der Waals surface area contributed by atoms with E-state index in [1.165, 1.54) is 11.0 Å². The summed E-state index contributed by atoms with van der Waals surface area (Å²) in [5.74, 6) is -1.08. The van der Waals surface area contributed by atoms with Gasteiger partial charge in [-0.3, -0.25) is 14.4 Å². The number of fused-ring (bicyclic) bond motifs is 1. The fourth-order valence-electron chi connectivity index (χ4n) is 3.52. The van der Waals surface area contributed by atoms with Gasteiger partial charge in [-0.2, -0.15) is 0 Å². The molecule has 1 atom stereocenters. The molecule has 3 amide bonds. The van der Waals surface area contributed by atoms with E-state index in [1.54, 1.807) is 24.3 Å². The van der Waals surface area contributed by atoms with Crippen LogP contribution in [0.5, 0.6) is 0 Å². The number of para-hydroxylation sites is 1. The molecular weight excluding hydrogens is 364 g/mol. The van der Waals surface area contributed by atoms with E-state index in [4.69, 9.17) is 0 Å². The predicted octanol–water partition coefficient (Wildman–Crippen LogP) is 4.29. The highest BCUT2D eigenvalue weighted by Crippen LogP contribution is 2.31. The standard InChI is InChI=1S/C24H20N2O3/c1-15-8-6-7-11-21(15)26-23(28)19-13-12-18(14-20(19)24(26)29)22(27)25-16(2)17-9-4-3-5-10-17/h3-14,16H,1-2H3,(H,25,27)/t16-/m1/s1. The second-order valence-corrected chi connectivity index (χ2v) is 7.10. The van der Waals surface area contributed by atoms with Crippen LogP contribution in [-0.4, -0.2) is 17.7 Å². The van der Waals surface area contributed by atoms with Crippen molar-refractivity contribution >= 4 is 23.4 Å². The van der Waals surface area contributed by atoms with E-state index in [9.17, 15) is 14.4 Å². The molecule has 144 valence electrons. The molecule has 0 saturated heterocycles. The molecule has 0 fully saturated rings. The number of amides is 3. The van der Waals surface area contributed by atoms with Crippen LogP contribution in [-0.2, 0) is 0 Å². The molecule has 5 heteroatoms. The molecule has 3 aromatic rings. The first-order valence-electron chi connectivity index (χ1n) is 9.41. The zero-order valence-corrected chi connectivity index (χ0v) is 16.2. The molecule has 1 aliphatic rings. The van der Waals surface area contributed by atoms with E-state index in [1.807, 2.05) is 56.3 Å². The number of nitrogens with zero attached hydrogens (tertiary/aromatic N) is 1. The third kappa shape index (κ3) is 3.31.